The Morgan fingerprint density at radius 1 is 1.43 bits per heavy atom. The Kier molecular flexibility index (Phi) is 3.49. The number of carbonyl (C=O) groups is 1. The minimum absolute atomic E-state index is 0.0422. The maximum Gasteiger partial charge on any atom is 0.335 e. The molecule has 4 atom stereocenters. The van der Waals surface area contributed by atoms with Gasteiger partial charge in [-0.1, -0.05) is 0 Å². The van der Waals surface area contributed by atoms with Crippen LogP contribution < -0.4 is 0 Å². The third kappa shape index (κ3) is 1.90. The van der Waals surface area contributed by atoms with Crippen LogP contribution in [0.25, 0.3) is 0 Å². The van der Waals surface area contributed by atoms with Gasteiger partial charge in [-0.25, -0.2) is 4.79 Å². The van der Waals surface area contributed by atoms with Gasteiger partial charge in [0.05, 0.1) is 18.1 Å². The van der Waals surface area contributed by atoms with Crippen molar-refractivity contribution in [3.63, 3.8) is 0 Å². The number of hydrogen-bond acceptors (Lipinski definition) is 5. The van der Waals surface area contributed by atoms with Crippen molar-refractivity contribution in [2.45, 2.75) is 23.7 Å². The largest absolute Gasteiger partial charge is 0.466 e. The maximum atomic E-state index is 11.1. The second kappa shape index (κ2) is 4.27. The number of rotatable bonds is 1. The molecule has 1 aliphatic rings. The van der Waals surface area contributed by atoms with E-state index < -0.39 is 29.7 Å². The SMILES string of the molecule is COC(=O)C1=C[C@H](O)[C@H](O)[C@H](O)[C@@H]1Cl. The molecule has 0 aromatic carbocycles. The van der Waals surface area contributed by atoms with Gasteiger partial charge >= 0.3 is 5.97 Å². The van der Waals surface area contributed by atoms with Crippen molar-refractivity contribution in [2.24, 2.45) is 0 Å². The molecule has 0 aromatic rings. The van der Waals surface area contributed by atoms with Gasteiger partial charge < -0.3 is 20.1 Å². The van der Waals surface area contributed by atoms with E-state index in [0.29, 0.717) is 0 Å². The second-order valence-electron chi connectivity index (χ2n) is 2.99. The first-order chi connectivity index (χ1) is 6.49. The van der Waals surface area contributed by atoms with Crippen LogP contribution in [-0.4, -0.2) is 52.1 Å². The van der Waals surface area contributed by atoms with Crippen molar-refractivity contribution in [1.82, 2.24) is 0 Å². The van der Waals surface area contributed by atoms with Crippen LogP contribution in [0.2, 0.25) is 0 Å². The van der Waals surface area contributed by atoms with Gasteiger partial charge in [-0.2, -0.15) is 0 Å². The number of halogens is 1. The van der Waals surface area contributed by atoms with E-state index in [9.17, 15) is 20.1 Å². The van der Waals surface area contributed by atoms with Gasteiger partial charge in [0.25, 0.3) is 0 Å². The summed E-state index contributed by atoms with van der Waals surface area (Å²) in [6.07, 6.45) is -2.99. The van der Waals surface area contributed by atoms with Crippen molar-refractivity contribution in [3.8, 4) is 0 Å². The van der Waals surface area contributed by atoms with Gasteiger partial charge in [-0.15, -0.1) is 11.6 Å². The Labute approximate surface area is 85.6 Å². The fourth-order valence-corrected chi connectivity index (χ4v) is 1.54. The molecule has 0 saturated carbocycles. The van der Waals surface area contributed by atoms with Crippen molar-refractivity contribution >= 4 is 17.6 Å². The molecule has 0 aromatic heterocycles. The summed E-state index contributed by atoms with van der Waals surface area (Å²) < 4.78 is 4.40. The number of esters is 1. The van der Waals surface area contributed by atoms with E-state index in [-0.39, 0.29) is 5.57 Å². The summed E-state index contributed by atoms with van der Waals surface area (Å²) >= 11 is 5.68. The lowest BCUT2D eigenvalue weighted by atomic mass is 9.92. The van der Waals surface area contributed by atoms with Gasteiger partial charge in [0.15, 0.2) is 0 Å². The Morgan fingerprint density at radius 2 is 2.00 bits per heavy atom. The Balaban J connectivity index is 2.95. The number of methoxy groups -OCH3 is 1. The van der Waals surface area contributed by atoms with Crippen LogP contribution in [0.3, 0.4) is 0 Å². The summed E-state index contributed by atoms with van der Waals surface area (Å²) in [5, 5.41) is 26.7. The predicted molar refractivity (Wildman–Crippen MR) is 47.8 cm³/mol. The third-order valence-electron chi connectivity index (χ3n) is 2.07. The van der Waals surface area contributed by atoms with E-state index in [0.717, 1.165) is 13.2 Å². The fraction of sp³-hybridized carbons (Fsp3) is 0.625. The number of alkyl halides is 1. The zero-order valence-electron chi connectivity index (χ0n) is 7.42. The topological polar surface area (TPSA) is 87.0 Å². The molecule has 6 heteroatoms. The molecule has 0 heterocycles. The molecule has 14 heavy (non-hydrogen) atoms. The summed E-state index contributed by atoms with van der Waals surface area (Å²) in [5.41, 5.74) is -0.0422. The predicted octanol–water partition coefficient (Wildman–Crippen LogP) is -1.21. The van der Waals surface area contributed by atoms with Crippen LogP contribution in [0, 0.1) is 0 Å². The van der Waals surface area contributed by atoms with Crippen LogP contribution >= 0.6 is 11.6 Å². The highest BCUT2D eigenvalue weighted by Gasteiger charge is 2.39. The first-order valence-electron chi connectivity index (χ1n) is 3.97. The average Bonchev–Trinajstić information content (AvgIpc) is 2.19. The summed E-state index contributed by atoms with van der Waals surface area (Å²) in [6, 6.07) is 0. The smallest absolute Gasteiger partial charge is 0.335 e. The van der Waals surface area contributed by atoms with E-state index in [2.05, 4.69) is 4.74 Å². The highest BCUT2D eigenvalue weighted by atomic mass is 35.5. The van der Waals surface area contributed by atoms with Crippen LogP contribution in [0.5, 0.6) is 0 Å². The van der Waals surface area contributed by atoms with Crippen LogP contribution in [0.1, 0.15) is 0 Å². The molecule has 1 rings (SSSR count). The Bertz CT molecular complexity index is 264. The number of ether oxygens (including phenoxy) is 1. The van der Waals surface area contributed by atoms with Crippen LogP contribution in [0.4, 0.5) is 0 Å². The van der Waals surface area contributed by atoms with Crippen molar-refractivity contribution in [1.29, 1.82) is 0 Å². The molecule has 1 aliphatic carbocycles. The number of hydrogen-bond donors (Lipinski definition) is 3. The number of aliphatic hydroxyl groups excluding tert-OH is 3. The lowest BCUT2D eigenvalue weighted by molar-refractivity contribution is -0.137. The molecule has 0 bridgehead atoms. The molecular weight excluding hydrogens is 212 g/mol. The standard InChI is InChI=1S/C8H11ClO5/c1-14-8(13)3-2-4(10)6(11)7(12)5(3)9/h2,4-7,10-12H,1H3/t4-,5+,6-,7+/m0/s1. The molecule has 0 radical (unpaired) electrons. The first kappa shape index (κ1) is 11.5. The van der Waals surface area contributed by atoms with E-state index in [4.69, 9.17) is 11.6 Å². The van der Waals surface area contributed by atoms with Gasteiger partial charge in [0.2, 0.25) is 0 Å². The van der Waals surface area contributed by atoms with Gasteiger partial charge in [-0.05, 0) is 6.08 Å². The fourth-order valence-electron chi connectivity index (χ4n) is 1.23. The lowest BCUT2D eigenvalue weighted by Crippen LogP contribution is -2.47. The highest BCUT2D eigenvalue weighted by molar-refractivity contribution is 6.25. The summed E-state index contributed by atoms with van der Waals surface area (Å²) in [4.78, 5) is 11.1. The minimum Gasteiger partial charge on any atom is -0.466 e. The molecule has 0 fully saturated rings. The Morgan fingerprint density at radius 3 is 2.50 bits per heavy atom. The monoisotopic (exact) mass is 222 g/mol. The second-order valence-corrected chi connectivity index (χ2v) is 3.46. The molecule has 80 valence electrons. The van der Waals surface area contributed by atoms with E-state index in [1.165, 1.54) is 0 Å². The zero-order chi connectivity index (χ0) is 10.9. The summed E-state index contributed by atoms with van der Waals surface area (Å²) in [5.74, 6) is -0.727. The Hall–Kier alpha value is -0.620. The molecule has 0 saturated heterocycles. The van der Waals surface area contributed by atoms with Crippen molar-refractivity contribution in [3.05, 3.63) is 11.6 Å². The molecule has 0 amide bonds. The van der Waals surface area contributed by atoms with Gasteiger partial charge in [0, 0.05) is 0 Å². The van der Waals surface area contributed by atoms with E-state index in [1.807, 2.05) is 0 Å². The zero-order valence-corrected chi connectivity index (χ0v) is 8.18. The normalized spacial score (nSPS) is 37.6. The van der Waals surface area contributed by atoms with Crippen molar-refractivity contribution < 1.29 is 24.9 Å². The lowest BCUT2D eigenvalue weighted by Gasteiger charge is -2.30. The molecule has 0 unspecified atom stereocenters. The van der Waals surface area contributed by atoms with Crippen molar-refractivity contribution in [2.75, 3.05) is 7.11 Å². The van der Waals surface area contributed by atoms with Crippen LogP contribution in [0.15, 0.2) is 11.6 Å². The third-order valence-corrected chi connectivity index (χ3v) is 2.56. The maximum absolute atomic E-state index is 11.1. The number of aliphatic hydroxyl groups is 3. The highest BCUT2D eigenvalue weighted by Crippen LogP contribution is 2.25. The van der Waals surface area contributed by atoms with E-state index in [1.54, 1.807) is 0 Å². The molecule has 3 N–H and O–H groups in total. The summed E-state index contributed by atoms with van der Waals surface area (Å²) in [6.45, 7) is 0. The molecular formula is C8H11ClO5. The quantitative estimate of drug-likeness (QED) is 0.383. The number of carbonyl (C=O) groups excluding carboxylic acids is 1. The minimum atomic E-state index is -1.38. The van der Waals surface area contributed by atoms with Crippen LogP contribution in [-0.2, 0) is 9.53 Å². The first-order valence-corrected chi connectivity index (χ1v) is 4.41. The van der Waals surface area contributed by atoms with E-state index >= 15 is 0 Å². The molecule has 5 nitrogen and oxygen atoms in total. The summed E-state index contributed by atoms with van der Waals surface area (Å²) in [7, 11) is 1.16. The molecule has 0 aliphatic heterocycles. The molecule has 0 spiro atoms. The van der Waals surface area contributed by atoms with Gasteiger partial charge in [-0.3, -0.25) is 0 Å². The average molecular weight is 223 g/mol. The van der Waals surface area contributed by atoms with Gasteiger partial charge in [0.1, 0.15) is 18.3 Å².